The van der Waals surface area contributed by atoms with Crippen LogP contribution in [0.5, 0.6) is 0 Å². The number of nitrogens with two attached hydrogens (primary N) is 1. The van der Waals surface area contributed by atoms with Gasteiger partial charge in [-0.25, -0.2) is 0 Å². The minimum atomic E-state index is -0.0657. The van der Waals surface area contributed by atoms with Crippen LogP contribution >= 0.6 is 0 Å². The third-order valence-corrected chi connectivity index (χ3v) is 2.45. The Hall–Kier alpha value is -1.29. The Kier molecular flexibility index (Phi) is 2.54. The SMILES string of the molecule is Cn1cc(C(N)C2=COCCC2)cn1. The molecule has 14 heavy (non-hydrogen) atoms. The van der Waals surface area contributed by atoms with E-state index in [4.69, 9.17) is 10.5 Å². The molecule has 0 amide bonds. The van der Waals surface area contributed by atoms with Crippen molar-refractivity contribution < 1.29 is 4.74 Å². The Morgan fingerprint density at radius 1 is 1.64 bits per heavy atom. The summed E-state index contributed by atoms with van der Waals surface area (Å²) in [5, 5.41) is 4.10. The fourth-order valence-electron chi connectivity index (χ4n) is 1.63. The van der Waals surface area contributed by atoms with Crippen molar-refractivity contribution in [2.45, 2.75) is 18.9 Å². The lowest BCUT2D eigenvalue weighted by atomic mass is 9.99. The average molecular weight is 193 g/mol. The average Bonchev–Trinajstić information content (AvgIpc) is 2.65. The maximum atomic E-state index is 6.08. The predicted molar refractivity (Wildman–Crippen MR) is 53.4 cm³/mol. The molecule has 1 atom stereocenters. The highest BCUT2D eigenvalue weighted by Gasteiger charge is 2.15. The van der Waals surface area contributed by atoms with Crippen molar-refractivity contribution in [2.24, 2.45) is 12.8 Å². The van der Waals surface area contributed by atoms with E-state index >= 15 is 0 Å². The van der Waals surface area contributed by atoms with Crippen molar-refractivity contribution in [3.63, 3.8) is 0 Å². The van der Waals surface area contributed by atoms with Gasteiger partial charge < -0.3 is 10.5 Å². The maximum Gasteiger partial charge on any atom is 0.0876 e. The van der Waals surface area contributed by atoms with Gasteiger partial charge in [0, 0.05) is 18.8 Å². The Morgan fingerprint density at radius 3 is 3.07 bits per heavy atom. The second-order valence-electron chi connectivity index (χ2n) is 3.59. The highest BCUT2D eigenvalue weighted by molar-refractivity contribution is 5.23. The number of rotatable bonds is 2. The number of aromatic nitrogens is 2. The quantitative estimate of drug-likeness (QED) is 0.765. The van der Waals surface area contributed by atoms with Crippen molar-refractivity contribution in [1.82, 2.24) is 9.78 Å². The molecule has 1 aliphatic heterocycles. The van der Waals surface area contributed by atoms with Crippen LogP contribution in [0.4, 0.5) is 0 Å². The first-order valence-corrected chi connectivity index (χ1v) is 4.82. The molecular weight excluding hydrogens is 178 g/mol. The summed E-state index contributed by atoms with van der Waals surface area (Å²) in [6.07, 6.45) is 7.62. The van der Waals surface area contributed by atoms with Crippen LogP contribution in [-0.4, -0.2) is 16.4 Å². The molecule has 0 radical (unpaired) electrons. The zero-order valence-electron chi connectivity index (χ0n) is 8.31. The van der Waals surface area contributed by atoms with E-state index in [0.29, 0.717) is 0 Å². The molecule has 2 heterocycles. The van der Waals surface area contributed by atoms with Crippen LogP contribution in [0.25, 0.3) is 0 Å². The first-order chi connectivity index (χ1) is 6.77. The van der Waals surface area contributed by atoms with Crippen molar-refractivity contribution in [2.75, 3.05) is 6.61 Å². The van der Waals surface area contributed by atoms with Crippen molar-refractivity contribution >= 4 is 0 Å². The highest BCUT2D eigenvalue weighted by Crippen LogP contribution is 2.24. The van der Waals surface area contributed by atoms with Crippen LogP contribution < -0.4 is 5.73 Å². The van der Waals surface area contributed by atoms with Gasteiger partial charge in [-0.3, -0.25) is 4.68 Å². The lowest BCUT2D eigenvalue weighted by molar-refractivity contribution is 0.221. The van der Waals surface area contributed by atoms with Gasteiger partial charge in [-0.15, -0.1) is 0 Å². The lowest BCUT2D eigenvalue weighted by Crippen LogP contribution is -2.15. The Morgan fingerprint density at radius 2 is 2.50 bits per heavy atom. The van der Waals surface area contributed by atoms with E-state index in [9.17, 15) is 0 Å². The first kappa shape index (κ1) is 9.27. The van der Waals surface area contributed by atoms with Crippen molar-refractivity contribution in [3.05, 3.63) is 29.8 Å². The summed E-state index contributed by atoms with van der Waals surface area (Å²) >= 11 is 0. The van der Waals surface area contributed by atoms with E-state index in [1.165, 1.54) is 0 Å². The molecule has 0 aromatic carbocycles. The number of hydrogen-bond donors (Lipinski definition) is 1. The zero-order chi connectivity index (χ0) is 9.97. The standard InChI is InChI=1S/C10H15N3O/c1-13-6-9(5-12-13)10(11)8-3-2-4-14-7-8/h5-7,10H,2-4,11H2,1H3. The van der Waals surface area contributed by atoms with Crippen molar-refractivity contribution in [3.8, 4) is 0 Å². The molecule has 0 bridgehead atoms. The van der Waals surface area contributed by atoms with Gasteiger partial charge in [-0.2, -0.15) is 5.10 Å². The van der Waals surface area contributed by atoms with E-state index in [1.807, 2.05) is 13.2 Å². The molecular formula is C10H15N3O. The molecule has 76 valence electrons. The lowest BCUT2D eigenvalue weighted by Gasteiger charge is -2.18. The molecule has 1 aliphatic rings. The van der Waals surface area contributed by atoms with E-state index in [2.05, 4.69) is 5.10 Å². The molecule has 4 heteroatoms. The monoisotopic (exact) mass is 193 g/mol. The van der Waals surface area contributed by atoms with Gasteiger partial charge in [0.25, 0.3) is 0 Å². The van der Waals surface area contributed by atoms with Gasteiger partial charge in [0.15, 0.2) is 0 Å². The minimum absolute atomic E-state index is 0.0657. The van der Waals surface area contributed by atoms with Gasteiger partial charge in [-0.05, 0) is 18.4 Å². The van der Waals surface area contributed by atoms with Gasteiger partial charge in [-0.1, -0.05) is 0 Å². The number of aryl methyl sites for hydroxylation is 1. The smallest absolute Gasteiger partial charge is 0.0876 e. The predicted octanol–water partition coefficient (Wildman–Crippen LogP) is 1.11. The molecule has 2 rings (SSSR count). The summed E-state index contributed by atoms with van der Waals surface area (Å²) in [6, 6.07) is -0.0657. The van der Waals surface area contributed by atoms with Crippen LogP contribution in [0.15, 0.2) is 24.2 Å². The van der Waals surface area contributed by atoms with Crippen LogP contribution in [-0.2, 0) is 11.8 Å². The molecule has 1 aromatic rings. The first-order valence-electron chi connectivity index (χ1n) is 4.82. The van der Waals surface area contributed by atoms with Crippen LogP contribution in [0.2, 0.25) is 0 Å². The Labute approximate surface area is 83.4 Å². The van der Waals surface area contributed by atoms with E-state index in [1.54, 1.807) is 17.1 Å². The molecule has 4 nitrogen and oxygen atoms in total. The zero-order valence-corrected chi connectivity index (χ0v) is 8.31. The third-order valence-electron chi connectivity index (χ3n) is 2.45. The van der Waals surface area contributed by atoms with E-state index in [-0.39, 0.29) is 6.04 Å². The van der Waals surface area contributed by atoms with Gasteiger partial charge in [0.1, 0.15) is 0 Å². The molecule has 0 saturated carbocycles. The summed E-state index contributed by atoms with van der Waals surface area (Å²) in [5.74, 6) is 0. The number of ether oxygens (including phenoxy) is 1. The number of nitrogens with zero attached hydrogens (tertiary/aromatic N) is 2. The summed E-state index contributed by atoms with van der Waals surface area (Å²) in [6.45, 7) is 0.809. The van der Waals surface area contributed by atoms with Gasteiger partial charge in [0.2, 0.25) is 0 Å². The van der Waals surface area contributed by atoms with Crippen LogP contribution in [0, 0.1) is 0 Å². The fraction of sp³-hybridized carbons (Fsp3) is 0.500. The molecule has 0 saturated heterocycles. The normalized spacial score (nSPS) is 18.6. The second kappa shape index (κ2) is 3.84. The second-order valence-corrected chi connectivity index (χ2v) is 3.59. The summed E-state index contributed by atoms with van der Waals surface area (Å²) in [4.78, 5) is 0. The van der Waals surface area contributed by atoms with Gasteiger partial charge in [0.05, 0.1) is 25.1 Å². The molecule has 0 aliphatic carbocycles. The fourth-order valence-corrected chi connectivity index (χ4v) is 1.63. The molecule has 1 unspecified atom stereocenters. The highest BCUT2D eigenvalue weighted by atomic mass is 16.5. The topological polar surface area (TPSA) is 53.1 Å². The maximum absolute atomic E-state index is 6.08. The van der Waals surface area contributed by atoms with Crippen molar-refractivity contribution in [1.29, 1.82) is 0 Å². The van der Waals surface area contributed by atoms with E-state index in [0.717, 1.165) is 30.6 Å². The summed E-state index contributed by atoms with van der Waals surface area (Å²) < 4.78 is 7.03. The summed E-state index contributed by atoms with van der Waals surface area (Å²) in [5.41, 5.74) is 8.28. The van der Waals surface area contributed by atoms with Crippen LogP contribution in [0.3, 0.4) is 0 Å². The number of hydrogen-bond acceptors (Lipinski definition) is 3. The Balaban J connectivity index is 2.14. The largest absolute Gasteiger partial charge is 0.501 e. The molecule has 1 aromatic heterocycles. The Bertz CT molecular complexity index is 343. The molecule has 0 spiro atoms. The van der Waals surface area contributed by atoms with E-state index < -0.39 is 0 Å². The summed E-state index contributed by atoms with van der Waals surface area (Å²) in [7, 11) is 1.89. The third kappa shape index (κ3) is 1.80. The molecule has 0 fully saturated rings. The van der Waals surface area contributed by atoms with Gasteiger partial charge >= 0.3 is 0 Å². The van der Waals surface area contributed by atoms with Crippen LogP contribution in [0.1, 0.15) is 24.4 Å². The minimum Gasteiger partial charge on any atom is -0.501 e. The molecule has 2 N–H and O–H groups in total.